The highest BCUT2D eigenvalue weighted by molar-refractivity contribution is 4.65. The van der Waals surface area contributed by atoms with Crippen LogP contribution in [0.5, 0.6) is 0 Å². The summed E-state index contributed by atoms with van der Waals surface area (Å²) in [6, 6.07) is 0. The Morgan fingerprint density at radius 2 is 0.778 bits per heavy atom. The lowest BCUT2D eigenvalue weighted by Gasteiger charge is -2.18. The van der Waals surface area contributed by atoms with E-state index in [0.29, 0.717) is 17.9 Å². The Morgan fingerprint density at radius 3 is 0.911 bits per heavy atom. The van der Waals surface area contributed by atoms with E-state index in [0.717, 1.165) is 51.4 Å². The summed E-state index contributed by atoms with van der Waals surface area (Å²) in [6.07, 6.45) is 20.3. The van der Waals surface area contributed by atoms with Gasteiger partial charge in [-0.2, -0.15) is 0 Å². The Bertz CT molecular complexity index is 752. The summed E-state index contributed by atoms with van der Waals surface area (Å²) in [7, 11) is 4.95. The maximum Gasteiger partial charge on any atom is 0.0515 e. The molecule has 0 aromatic rings. The molecule has 0 atom stereocenters. The van der Waals surface area contributed by atoms with Crippen LogP contribution in [0.3, 0.4) is 0 Å². The largest absolute Gasteiger partial charge is 0.388 e. The van der Waals surface area contributed by atoms with Gasteiger partial charge in [0.1, 0.15) is 0 Å². The van der Waals surface area contributed by atoms with Crippen LogP contribution in [0.25, 0.3) is 0 Å². The number of methoxy groups -OCH3 is 2. The van der Waals surface area contributed by atoms with Crippen LogP contribution in [0.1, 0.15) is 235 Å². The van der Waals surface area contributed by atoms with Gasteiger partial charge in [0.05, 0.1) is 6.10 Å². The second kappa shape index (κ2) is 40.1. The Hall–Kier alpha value is -0.0800. The molecule has 0 unspecified atom stereocenters. The van der Waals surface area contributed by atoms with Crippen molar-refractivity contribution in [1.29, 1.82) is 0 Å². The van der Waals surface area contributed by atoms with Crippen molar-refractivity contribution >= 4 is 0 Å². The van der Waals surface area contributed by atoms with Gasteiger partial charge in [0.15, 0.2) is 0 Å². The van der Waals surface area contributed by atoms with Crippen LogP contribution >= 0.6 is 0 Å². The van der Waals surface area contributed by atoms with Crippen molar-refractivity contribution in [2.24, 2.45) is 29.0 Å². The van der Waals surface area contributed by atoms with Gasteiger partial charge in [0, 0.05) is 32.3 Å². The van der Waals surface area contributed by atoms with Gasteiger partial charge in [-0.1, -0.05) is 210 Å². The van der Waals surface area contributed by atoms with Gasteiger partial charge < -0.3 is 9.47 Å². The molecule has 0 aliphatic heterocycles. The molecule has 0 N–H and O–H groups in total. The molecule has 0 radical (unpaired) electrons. The van der Waals surface area contributed by atoms with Crippen molar-refractivity contribution in [2.75, 3.05) is 21.3 Å². The van der Waals surface area contributed by atoms with Crippen molar-refractivity contribution < 1.29 is 20.4 Å². The fourth-order valence-corrected chi connectivity index (χ4v) is 4.74. The lowest BCUT2D eigenvalue weighted by molar-refractivity contribution is 0.134. The van der Waals surface area contributed by atoms with E-state index >= 15 is 0 Å². The molecule has 278 valence electrons. The van der Waals surface area contributed by atoms with E-state index in [1.807, 2.05) is 48.5 Å². The summed E-state index contributed by atoms with van der Waals surface area (Å²) in [4.78, 5) is 0. The van der Waals surface area contributed by atoms with E-state index in [1.54, 1.807) is 42.1 Å². The molecule has 0 heterocycles. The third-order valence-electron chi connectivity index (χ3n) is 8.16. The molecule has 4 aliphatic carbocycles. The van der Waals surface area contributed by atoms with E-state index < -0.39 is 19.1 Å². The molecule has 0 aromatic heterocycles. The smallest absolute Gasteiger partial charge is 0.0515 e. The summed E-state index contributed by atoms with van der Waals surface area (Å²) in [5, 5.41) is 0. The quantitative estimate of drug-likeness (QED) is 0.302. The van der Waals surface area contributed by atoms with Gasteiger partial charge in [0.2, 0.25) is 0 Å². The molecule has 2 nitrogen and oxygen atoms in total. The summed E-state index contributed by atoms with van der Waals surface area (Å²) in [5.74, 6) is 0.553. The molecular weight excluding hydrogens is 548 g/mol. The van der Waals surface area contributed by atoms with Crippen LogP contribution in [-0.4, -0.2) is 27.4 Å². The van der Waals surface area contributed by atoms with Crippen LogP contribution in [0, 0.1) is 29.0 Å². The van der Waals surface area contributed by atoms with Crippen molar-refractivity contribution in [1.82, 2.24) is 0 Å². The van der Waals surface area contributed by atoms with Crippen molar-refractivity contribution in [3.63, 3.8) is 0 Å². The van der Waals surface area contributed by atoms with E-state index in [2.05, 4.69) is 18.6 Å². The first-order valence-corrected chi connectivity index (χ1v) is 18.9. The van der Waals surface area contributed by atoms with Gasteiger partial charge in [-0.3, -0.25) is 0 Å². The second-order valence-electron chi connectivity index (χ2n) is 14.5. The van der Waals surface area contributed by atoms with E-state index in [4.69, 9.17) is 15.7 Å². The zero-order valence-corrected chi connectivity index (χ0v) is 34.0. The van der Waals surface area contributed by atoms with Crippen molar-refractivity contribution in [2.45, 2.75) is 230 Å². The number of rotatable bonds is 3. The summed E-state index contributed by atoms with van der Waals surface area (Å²) in [5.41, 5.74) is -0.229. The van der Waals surface area contributed by atoms with Gasteiger partial charge in [-0.15, -0.1) is 0 Å². The van der Waals surface area contributed by atoms with Gasteiger partial charge in [-0.05, 0) is 42.9 Å². The Labute approximate surface area is 301 Å². The molecule has 0 aromatic carbocycles. The van der Waals surface area contributed by atoms with E-state index in [1.165, 1.54) is 70.6 Å². The van der Waals surface area contributed by atoms with Crippen LogP contribution in [0.4, 0.5) is 0 Å². The van der Waals surface area contributed by atoms with Gasteiger partial charge in [0.25, 0.3) is 0 Å². The zero-order valence-electron chi connectivity index (χ0n) is 42.0. The number of hydrogen-bond acceptors (Lipinski definition) is 2. The topological polar surface area (TPSA) is 18.5 Å². The fraction of sp³-hybridized carbons (Fsp3) is 1.00. The minimum atomic E-state index is -1.06. The zero-order chi connectivity index (χ0) is 42.6. The normalized spacial score (nSPS) is 23.6. The third-order valence-corrected chi connectivity index (χ3v) is 8.16. The van der Waals surface area contributed by atoms with Crippen molar-refractivity contribution in [3.05, 3.63) is 0 Å². The number of hydrogen-bond donors (Lipinski definition) is 0. The Kier molecular flexibility index (Phi) is 32.3. The monoisotopic (exact) mass is 651 g/mol. The average molecular weight is 651 g/mol. The van der Waals surface area contributed by atoms with Crippen LogP contribution in [0.15, 0.2) is 0 Å². The fourth-order valence-electron chi connectivity index (χ4n) is 4.74. The van der Waals surface area contributed by atoms with Gasteiger partial charge >= 0.3 is 0 Å². The molecular formula is C43H94O2. The standard InChI is InChI=1S/C8H16.2C7H14.C6H12.C6H14.C4H10O.C3H8.C2H6O/c1-2-8-6-4-3-5-7-8;1-7-5-3-2-4-6-7;1-2-7-5-3-4-6-7;1-6-4-2-3-5-6;1-5-6(2,3)4;1-4(2)5-3;2*1-3-2/h8H,2-7H2,1H3;2*7H,2-6H2,1H3;6H,2-5H2,1H3;5H2,1-4H3;4H,1-3H3;3H2,1-2H3;1-2H3/i2D2;7D;2D2;6D;5D2;;;. The first-order valence-electron chi connectivity index (χ1n) is 22.9. The maximum atomic E-state index is 7.63. The molecule has 4 fully saturated rings. The first kappa shape index (κ1) is 36.2. The molecule has 4 saturated carbocycles. The Balaban J connectivity index is -0.000000266. The third kappa shape index (κ3) is 51.0. The lowest BCUT2D eigenvalue weighted by atomic mass is 9.88. The highest BCUT2D eigenvalue weighted by Gasteiger charge is 2.11. The molecule has 0 bridgehead atoms. The van der Waals surface area contributed by atoms with E-state index in [-0.39, 0.29) is 17.2 Å². The molecule has 0 saturated heterocycles. The predicted octanol–water partition coefficient (Wildman–Crippen LogP) is 15.5. The second-order valence-corrected chi connectivity index (χ2v) is 14.5. The summed E-state index contributed by atoms with van der Waals surface area (Å²) >= 11 is 0. The minimum absolute atomic E-state index is 0.0556. The minimum Gasteiger partial charge on any atom is -0.388 e. The highest BCUT2D eigenvalue weighted by atomic mass is 16.5. The molecule has 0 amide bonds. The predicted molar refractivity (Wildman–Crippen MR) is 210 cm³/mol. The molecule has 4 aliphatic rings. The summed E-state index contributed by atoms with van der Waals surface area (Å²) < 4.78 is 68.4. The average Bonchev–Trinajstić information content (AvgIpc) is 3.71. The van der Waals surface area contributed by atoms with Crippen LogP contribution < -0.4 is 0 Å². The Morgan fingerprint density at radius 1 is 0.578 bits per heavy atom. The van der Waals surface area contributed by atoms with E-state index in [9.17, 15) is 0 Å². The lowest BCUT2D eigenvalue weighted by Crippen LogP contribution is -2.03. The first-order chi connectivity index (χ1) is 24.0. The highest BCUT2D eigenvalue weighted by Crippen LogP contribution is 2.27. The maximum absolute atomic E-state index is 7.63. The molecule has 2 heteroatoms. The summed E-state index contributed by atoms with van der Waals surface area (Å²) in [6.45, 7) is 23.0. The van der Waals surface area contributed by atoms with Crippen LogP contribution in [0.2, 0.25) is 0 Å². The van der Waals surface area contributed by atoms with Crippen LogP contribution in [-0.2, 0) is 9.47 Å². The van der Waals surface area contributed by atoms with Crippen molar-refractivity contribution in [3.8, 4) is 0 Å². The molecule has 0 spiro atoms. The molecule has 45 heavy (non-hydrogen) atoms. The number of ether oxygens (including phenoxy) is 2. The van der Waals surface area contributed by atoms with Gasteiger partial charge in [-0.25, -0.2) is 0 Å². The molecule has 4 rings (SSSR count). The SMILES string of the molecule is CCC.COC.COC(C)C.[2H]C([2H])(C)C(C)(C)C.[2H]C([2H])(C)C1CCCC1.[2H]C([2H])(C)C1CCCCC1.[2H]C1(C)CCCC1.[2H]C1(C)CCCCC1.